The van der Waals surface area contributed by atoms with Crippen LogP contribution in [-0.2, 0) is 0 Å². The second kappa shape index (κ2) is 17.3. The summed E-state index contributed by atoms with van der Waals surface area (Å²) < 4.78 is 0. The minimum absolute atomic E-state index is 1.11. The van der Waals surface area contributed by atoms with E-state index in [0.29, 0.717) is 0 Å². The molecular weight excluding hydrogens is 887 g/mol. The number of fused-ring (bicyclic) bond motifs is 6. The van der Waals surface area contributed by atoms with Crippen LogP contribution >= 0.6 is 0 Å². The van der Waals surface area contributed by atoms with Crippen molar-refractivity contribution in [3.8, 4) is 44.5 Å². The van der Waals surface area contributed by atoms with E-state index in [1.807, 2.05) is 0 Å². The number of nitrogens with zero attached hydrogens (tertiary/aromatic N) is 1. The fraction of sp³-hybridized carbons (Fsp3) is 0.0294. The quantitative estimate of drug-likeness (QED) is 0.130. The number of hydrogen-bond donors (Lipinski definition) is 0. The summed E-state index contributed by atoms with van der Waals surface area (Å²) in [5, 5.41) is 11.4. The van der Waals surface area contributed by atoms with Crippen molar-refractivity contribution in [1.82, 2.24) is 0 Å². The summed E-state index contributed by atoms with van der Waals surface area (Å²) in [6.07, 6.45) is 0. The molecule has 13 rings (SSSR count). The van der Waals surface area contributed by atoms with E-state index in [1.54, 1.807) is 0 Å². The van der Waals surface area contributed by atoms with Gasteiger partial charge in [-0.2, -0.15) is 0 Å². The first-order valence-electron chi connectivity index (χ1n) is 24.8. The average molecular weight is 938 g/mol. The van der Waals surface area contributed by atoms with E-state index >= 15 is 0 Å². The molecule has 3 heteroatoms. The Labute approximate surface area is 419 Å². The van der Waals surface area contributed by atoms with Crippen LogP contribution in [0.15, 0.2) is 273 Å². The van der Waals surface area contributed by atoms with Crippen LogP contribution < -0.4 is 46.4 Å². The fourth-order valence-corrected chi connectivity index (χ4v) is 22.9. The molecule has 2 aliphatic heterocycles. The van der Waals surface area contributed by atoms with Crippen molar-refractivity contribution < 1.29 is 0 Å². The van der Waals surface area contributed by atoms with Gasteiger partial charge in [-0.25, -0.2) is 0 Å². The number of hydrogen-bond acceptors (Lipinski definition) is 1. The van der Waals surface area contributed by atoms with Gasteiger partial charge in [0, 0.05) is 17.1 Å². The standard InChI is InChI=1S/C68H51NSi2/c1-48-21-12-13-30-59(48)60-43-41-53(45-49(60)2)69(54-42-44-64-63-33-16-17-34-65(63)70(68(64)47-54,55-23-6-3-7-24-55)56-25-8-4-9-26-56)52-39-37-50(38-40-52)51-22-20-29-58(46-51)71(57-27-10-5-11-28-57)66-35-18-14-31-61(66)62-32-15-19-36-67(62)71/h3-47H,1-2H3. The third kappa shape index (κ3) is 6.65. The van der Waals surface area contributed by atoms with Gasteiger partial charge in [0.15, 0.2) is 16.1 Å². The first-order chi connectivity index (χ1) is 35.0. The lowest BCUT2D eigenvalue weighted by atomic mass is 9.96. The molecular formula is C68H51NSi2. The minimum Gasteiger partial charge on any atom is -0.310 e. The van der Waals surface area contributed by atoms with Gasteiger partial charge in [-0.15, -0.1) is 0 Å². The van der Waals surface area contributed by atoms with E-state index < -0.39 is 16.1 Å². The number of benzene rings is 11. The molecule has 0 fully saturated rings. The lowest BCUT2D eigenvalue weighted by Crippen LogP contribution is -2.72. The lowest BCUT2D eigenvalue weighted by Gasteiger charge is -2.33. The fourth-order valence-electron chi connectivity index (χ4n) is 12.4. The third-order valence-electron chi connectivity index (χ3n) is 15.5. The molecule has 0 amide bonds. The SMILES string of the molecule is Cc1ccccc1-c1ccc(N(c2ccc(-c3cccc([Si]4(c5ccccc5)c5ccccc5-c5ccccc54)c3)cc2)c2ccc3c(c2)[Si](c2ccccc2)(c2ccccc2)c2ccccc2-3)cc1C. The lowest BCUT2D eigenvalue weighted by molar-refractivity contribution is 1.27. The molecule has 0 atom stereocenters. The Kier molecular flexibility index (Phi) is 10.4. The Morgan fingerprint density at radius 2 is 0.634 bits per heavy atom. The zero-order valence-corrected chi connectivity index (χ0v) is 41.9. The summed E-state index contributed by atoms with van der Waals surface area (Å²) in [6, 6.07) is 103. The zero-order valence-electron chi connectivity index (χ0n) is 39.9. The van der Waals surface area contributed by atoms with E-state index in [9.17, 15) is 0 Å². The molecule has 11 aromatic carbocycles. The van der Waals surface area contributed by atoms with Crippen LogP contribution in [0, 0.1) is 13.8 Å². The van der Waals surface area contributed by atoms with Crippen molar-refractivity contribution in [2.45, 2.75) is 13.8 Å². The number of aryl methyl sites for hydroxylation is 2. The van der Waals surface area contributed by atoms with E-state index in [4.69, 9.17) is 0 Å². The van der Waals surface area contributed by atoms with E-state index in [2.05, 4.69) is 292 Å². The normalized spacial score (nSPS) is 13.4. The molecule has 0 spiro atoms. The van der Waals surface area contributed by atoms with Crippen molar-refractivity contribution in [2.24, 2.45) is 0 Å². The highest BCUT2D eigenvalue weighted by Gasteiger charge is 2.50. The maximum atomic E-state index is 2.54. The van der Waals surface area contributed by atoms with E-state index in [1.165, 1.54) is 97.1 Å². The van der Waals surface area contributed by atoms with Gasteiger partial charge in [-0.05, 0) is 147 Å². The average Bonchev–Trinajstić information content (AvgIpc) is 3.92. The van der Waals surface area contributed by atoms with Gasteiger partial charge in [0.25, 0.3) is 0 Å². The number of anilines is 3. The molecule has 71 heavy (non-hydrogen) atoms. The summed E-state index contributed by atoms with van der Waals surface area (Å²) in [6.45, 7) is 4.47. The van der Waals surface area contributed by atoms with Crippen LogP contribution in [0.4, 0.5) is 17.1 Å². The predicted molar refractivity (Wildman–Crippen MR) is 307 cm³/mol. The summed E-state index contributed by atoms with van der Waals surface area (Å²) in [7, 11) is -5.39. The maximum absolute atomic E-state index is 2.74. The van der Waals surface area contributed by atoms with Crippen LogP contribution in [0.5, 0.6) is 0 Å². The van der Waals surface area contributed by atoms with Gasteiger partial charge in [0.05, 0.1) is 0 Å². The van der Waals surface area contributed by atoms with Crippen molar-refractivity contribution in [2.75, 3.05) is 4.90 Å². The monoisotopic (exact) mass is 937 g/mol. The molecule has 336 valence electrons. The minimum atomic E-state index is -2.74. The van der Waals surface area contributed by atoms with Gasteiger partial charge in [0.1, 0.15) is 0 Å². The van der Waals surface area contributed by atoms with Crippen LogP contribution in [0.25, 0.3) is 44.5 Å². The second-order valence-electron chi connectivity index (χ2n) is 19.2. The molecule has 0 saturated carbocycles. The predicted octanol–water partition coefficient (Wildman–Crippen LogP) is 11.8. The Bertz CT molecular complexity index is 3700. The van der Waals surface area contributed by atoms with E-state index in [-0.39, 0.29) is 0 Å². The van der Waals surface area contributed by atoms with Gasteiger partial charge < -0.3 is 4.90 Å². The second-order valence-corrected chi connectivity index (χ2v) is 26.7. The molecule has 0 unspecified atom stereocenters. The summed E-state index contributed by atoms with van der Waals surface area (Å²) in [4.78, 5) is 2.48. The highest BCUT2D eigenvalue weighted by Crippen LogP contribution is 2.41. The van der Waals surface area contributed by atoms with E-state index in [0.717, 1.165) is 17.1 Å². The van der Waals surface area contributed by atoms with Gasteiger partial charge in [-0.1, -0.05) is 237 Å². The van der Waals surface area contributed by atoms with Crippen molar-refractivity contribution in [1.29, 1.82) is 0 Å². The van der Waals surface area contributed by atoms with Crippen LogP contribution in [0.2, 0.25) is 0 Å². The smallest absolute Gasteiger partial charge is 0.180 e. The van der Waals surface area contributed by atoms with Gasteiger partial charge in [0.2, 0.25) is 0 Å². The molecule has 2 aliphatic rings. The Balaban J connectivity index is 0.977. The molecule has 0 aliphatic carbocycles. The van der Waals surface area contributed by atoms with Crippen molar-refractivity contribution in [3.63, 3.8) is 0 Å². The molecule has 11 aromatic rings. The van der Waals surface area contributed by atoms with Gasteiger partial charge >= 0.3 is 0 Å². The summed E-state index contributed by atoms with van der Waals surface area (Å²) in [5.74, 6) is 0. The largest absolute Gasteiger partial charge is 0.310 e. The Morgan fingerprint density at radius 1 is 0.239 bits per heavy atom. The first kappa shape index (κ1) is 42.7. The third-order valence-corrected chi connectivity index (χ3v) is 25.2. The highest BCUT2D eigenvalue weighted by molar-refractivity contribution is 7.23. The van der Waals surface area contributed by atoms with Crippen LogP contribution in [-0.4, -0.2) is 16.1 Å². The molecule has 1 nitrogen and oxygen atoms in total. The Morgan fingerprint density at radius 3 is 1.15 bits per heavy atom. The molecule has 0 radical (unpaired) electrons. The molecule has 0 N–H and O–H groups in total. The summed E-state index contributed by atoms with van der Waals surface area (Å²) >= 11 is 0. The zero-order chi connectivity index (χ0) is 47.5. The van der Waals surface area contributed by atoms with Crippen LogP contribution in [0.1, 0.15) is 11.1 Å². The van der Waals surface area contributed by atoms with Crippen molar-refractivity contribution in [3.05, 3.63) is 284 Å². The topological polar surface area (TPSA) is 3.24 Å². The van der Waals surface area contributed by atoms with Crippen molar-refractivity contribution >= 4 is 74.7 Å². The molecule has 0 saturated heterocycles. The Hall–Kier alpha value is -8.35. The maximum Gasteiger partial charge on any atom is 0.180 e. The highest BCUT2D eigenvalue weighted by atomic mass is 28.3. The van der Waals surface area contributed by atoms with Crippen LogP contribution in [0.3, 0.4) is 0 Å². The number of rotatable bonds is 9. The first-order valence-corrected chi connectivity index (χ1v) is 28.8. The molecule has 0 bridgehead atoms. The molecule has 2 heterocycles. The van der Waals surface area contributed by atoms with Gasteiger partial charge in [-0.3, -0.25) is 0 Å². The summed E-state index contributed by atoms with van der Waals surface area (Å²) in [5.41, 5.74) is 16.2. The molecule has 0 aromatic heterocycles.